The summed E-state index contributed by atoms with van der Waals surface area (Å²) in [7, 11) is 0. The van der Waals surface area contributed by atoms with Crippen molar-refractivity contribution in [3.63, 3.8) is 0 Å². The molecule has 0 saturated heterocycles. The smallest absolute Gasteiger partial charge is 0.242 e. The molecular weight excluding hydrogens is 224 g/mol. The van der Waals surface area contributed by atoms with Gasteiger partial charge in [-0.05, 0) is 29.4 Å². The van der Waals surface area contributed by atoms with Crippen molar-refractivity contribution < 1.29 is 4.79 Å². The predicted molar refractivity (Wildman–Crippen MR) is 72.5 cm³/mol. The van der Waals surface area contributed by atoms with Crippen molar-refractivity contribution in [3.05, 3.63) is 29.8 Å². The molecule has 1 unspecified atom stereocenters. The zero-order chi connectivity index (χ0) is 12.8. The van der Waals surface area contributed by atoms with Gasteiger partial charge in [-0.2, -0.15) is 0 Å². The van der Waals surface area contributed by atoms with Crippen LogP contribution in [0.4, 0.5) is 5.69 Å². The molecule has 1 aliphatic heterocycles. The summed E-state index contributed by atoms with van der Waals surface area (Å²) in [5, 5.41) is 6.36. The van der Waals surface area contributed by atoms with E-state index >= 15 is 0 Å². The average Bonchev–Trinajstić information content (AvgIpc) is 2.77. The van der Waals surface area contributed by atoms with Crippen LogP contribution in [0.3, 0.4) is 0 Å². The Labute approximate surface area is 108 Å². The fourth-order valence-electron chi connectivity index (χ4n) is 2.73. The molecule has 1 saturated carbocycles. The monoisotopic (exact) mass is 244 g/mol. The summed E-state index contributed by atoms with van der Waals surface area (Å²) in [4.78, 5) is 12.1. The Balaban J connectivity index is 1.53. The van der Waals surface area contributed by atoms with Gasteiger partial charge in [-0.3, -0.25) is 4.79 Å². The third-order valence-corrected chi connectivity index (χ3v) is 4.33. The first-order valence-corrected chi connectivity index (χ1v) is 6.68. The van der Waals surface area contributed by atoms with Crippen LogP contribution in [0.1, 0.15) is 25.8 Å². The molecule has 1 aromatic carbocycles. The molecule has 0 spiro atoms. The second-order valence-electron chi connectivity index (χ2n) is 6.19. The van der Waals surface area contributed by atoms with Crippen LogP contribution in [-0.4, -0.2) is 18.5 Å². The minimum Gasteiger partial charge on any atom is -0.373 e. The summed E-state index contributed by atoms with van der Waals surface area (Å²) < 4.78 is 0. The Morgan fingerprint density at radius 2 is 2.17 bits per heavy atom. The van der Waals surface area contributed by atoms with E-state index in [0.29, 0.717) is 11.3 Å². The van der Waals surface area contributed by atoms with Crippen LogP contribution in [-0.2, 0) is 11.2 Å². The second-order valence-corrected chi connectivity index (χ2v) is 6.19. The molecule has 1 heterocycles. The predicted octanol–water partition coefficient (Wildman–Crippen LogP) is 2.19. The van der Waals surface area contributed by atoms with Gasteiger partial charge in [-0.25, -0.2) is 0 Å². The SMILES string of the molecule is CC1(C)CC1CNC(=O)[C@@H]1Cc2ccccc2N1. The normalized spacial score (nSPS) is 27.2. The molecule has 3 heteroatoms. The number of nitrogens with one attached hydrogen (secondary N) is 2. The summed E-state index contributed by atoms with van der Waals surface area (Å²) >= 11 is 0. The van der Waals surface area contributed by atoms with Gasteiger partial charge in [0.05, 0.1) is 0 Å². The molecule has 96 valence electrons. The van der Waals surface area contributed by atoms with Crippen LogP contribution in [0.5, 0.6) is 0 Å². The van der Waals surface area contributed by atoms with Gasteiger partial charge in [0.25, 0.3) is 0 Å². The van der Waals surface area contributed by atoms with Gasteiger partial charge in [-0.15, -0.1) is 0 Å². The van der Waals surface area contributed by atoms with Crippen molar-refractivity contribution in [1.29, 1.82) is 0 Å². The lowest BCUT2D eigenvalue weighted by molar-refractivity contribution is -0.121. The van der Waals surface area contributed by atoms with Gasteiger partial charge in [0.15, 0.2) is 0 Å². The molecule has 3 rings (SSSR count). The topological polar surface area (TPSA) is 41.1 Å². The van der Waals surface area contributed by atoms with Crippen LogP contribution < -0.4 is 10.6 Å². The van der Waals surface area contributed by atoms with Gasteiger partial charge in [0.1, 0.15) is 6.04 Å². The molecule has 0 aromatic heterocycles. The number of hydrogen-bond acceptors (Lipinski definition) is 2. The van der Waals surface area contributed by atoms with Crippen LogP contribution in [0, 0.1) is 11.3 Å². The molecule has 1 aliphatic carbocycles. The fraction of sp³-hybridized carbons (Fsp3) is 0.533. The van der Waals surface area contributed by atoms with E-state index in [1.165, 1.54) is 12.0 Å². The minimum absolute atomic E-state index is 0.0933. The fourth-order valence-corrected chi connectivity index (χ4v) is 2.73. The highest BCUT2D eigenvalue weighted by Gasteiger charge is 2.45. The summed E-state index contributed by atoms with van der Waals surface area (Å²) in [5.74, 6) is 0.791. The van der Waals surface area contributed by atoms with Crippen LogP contribution in [0.15, 0.2) is 24.3 Å². The van der Waals surface area contributed by atoms with E-state index in [2.05, 4.69) is 30.5 Å². The maximum atomic E-state index is 12.1. The lowest BCUT2D eigenvalue weighted by Crippen LogP contribution is -2.39. The summed E-state index contributed by atoms with van der Waals surface area (Å²) in [6.45, 7) is 5.33. The molecule has 1 amide bonds. The lowest BCUT2D eigenvalue weighted by atomic mass is 10.1. The number of fused-ring (bicyclic) bond motifs is 1. The number of amides is 1. The van der Waals surface area contributed by atoms with Crippen molar-refractivity contribution in [3.8, 4) is 0 Å². The van der Waals surface area contributed by atoms with Crippen LogP contribution in [0.25, 0.3) is 0 Å². The highest BCUT2D eigenvalue weighted by Crippen LogP contribution is 2.50. The van der Waals surface area contributed by atoms with E-state index in [0.717, 1.165) is 18.7 Å². The molecule has 2 atom stereocenters. The standard InChI is InChI=1S/C15H20N2O/c1-15(2)8-11(15)9-16-14(18)13-7-10-5-3-4-6-12(10)17-13/h3-6,11,13,17H,7-9H2,1-2H3,(H,16,18)/t11?,13-/m0/s1. The molecule has 18 heavy (non-hydrogen) atoms. The Morgan fingerprint density at radius 3 is 2.83 bits per heavy atom. The summed E-state index contributed by atoms with van der Waals surface area (Å²) in [5.41, 5.74) is 2.77. The zero-order valence-corrected chi connectivity index (χ0v) is 11.0. The van der Waals surface area contributed by atoms with E-state index in [-0.39, 0.29) is 11.9 Å². The van der Waals surface area contributed by atoms with Gasteiger partial charge in [-0.1, -0.05) is 32.0 Å². The Hall–Kier alpha value is -1.51. The van der Waals surface area contributed by atoms with Gasteiger partial charge >= 0.3 is 0 Å². The van der Waals surface area contributed by atoms with Crippen LogP contribution >= 0.6 is 0 Å². The molecule has 2 aliphatic rings. The molecule has 0 bridgehead atoms. The van der Waals surface area contributed by atoms with Crippen molar-refractivity contribution >= 4 is 11.6 Å². The van der Waals surface area contributed by atoms with E-state index in [1.54, 1.807) is 0 Å². The largest absolute Gasteiger partial charge is 0.373 e. The first kappa shape index (κ1) is 11.6. The van der Waals surface area contributed by atoms with E-state index in [1.807, 2.05) is 18.2 Å². The first-order valence-electron chi connectivity index (χ1n) is 6.68. The van der Waals surface area contributed by atoms with Crippen LogP contribution in [0.2, 0.25) is 0 Å². The number of para-hydroxylation sites is 1. The molecular formula is C15H20N2O. The summed E-state index contributed by atoms with van der Waals surface area (Å²) in [6.07, 6.45) is 2.03. The van der Waals surface area contributed by atoms with E-state index in [4.69, 9.17) is 0 Å². The van der Waals surface area contributed by atoms with Crippen molar-refractivity contribution in [2.45, 2.75) is 32.7 Å². The second kappa shape index (κ2) is 4.01. The first-order chi connectivity index (χ1) is 8.56. The maximum absolute atomic E-state index is 12.1. The number of rotatable bonds is 3. The minimum atomic E-state index is -0.0933. The molecule has 3 nitrogen and oxygen atoms in total. The van der Waals surface area contributed by atoms with Gasteiger partial charge in [0, 0.05) is 18.7 Å². The van der Waals surface area contributed by atoms with Gasteiger partial charge < -0.3 is 10.6 Å². The third-order valence-electron chi connectivity index (χ3n) is 4.33. The number of carbonyl (C=O) groups excluding carboxylic acids is 1. The Morgan fingerprint density at radius 1 is 1.44 bits per heavy atom. The molecule has 1 aromatic rings. The van der Waals surface area contributed by atoms with E-state index < -0.39 is 0 Å². The maximum Gasteiger partial charge on any atom is 0.242 e. The Kier molecular flexibility index (Phi) is 2.58. The average molecular weight is 244 g/mol. The highest BCUT2D eigenvalue weighted by atomic mass is 16.2. The van der Waals surface area contributed by atoms with Gasteiger partial charge in [0.2, 0.25) is 5.91 Å². The number of hydrogen-bond donors (Lipinski definition) is 2. The number of benzene rings is 1. The Bertz CT molecular complexity index is 456. The zero-order valence-electron chi connectivity index (χ0n) is 11.0. The summed E-state index contributed by atoms with van der Waals surface area (Å²) in [6, 6.07) is 8.04. The molecule has 1 fully saturated rings. The number of carbonyl (C=O) groups is 1. The van der Waals surface area contributed by atoms with E-state index in [9.17, 15) is 4.79 Å². The molecule has 0 radical (unpaired) electrons. The third kappa shape index (κ3) is 2.09. The number of anilines is 1. The van der Waals surface area contributed by atoms with Crippen molar-refractivity contribution in [1.82, 2.24) is 5.32 Å². The van der Waals surface area contributed by atoms with Crippen molar-refractivity contribution in [2.75, 3.05) is 11.9 Å². The lowest BCUT2D eigenvalue weighted by Gasteiger charge is -2.12. The van der Waals surface area contributed by atoms with Crippen molar-refractivity contribution in [2.24, 2.45) is 11.3 Å². The molecule has 2 N–H and O–H groups in total. The highest BCUT2D eigenvalue weighted by molar-refractivity contribution is 5.87. The quantitative estimate of drug-likeness (QED) is 0.855.